The smallest absolute Gasteiger partial charge is 0.339 e. The molecule has 0 spiro atoms. The van der Waals surface area contributed by atoms with Crippen molar-refractivity contribution in [3.63, 3.8) is 0 Å². The number of hydrogen-bond acceptors (Lipinski definition) is 15. The predicted octanol–water partition coefficient (Wildman–Crippen LogP) is 10.4. The third-order valence-electron chi connectivity index (χ3n) is 20.1. The lowest BCUT2D eigenvalue weighted by Crippen LogP contribution is -2.43. The third kappa shape index (κ3) is 13.4. The first-order valence-corrected chi connectivity index (χ1v) is 29.5. The lowest BCUT2D eigenvalue weighted by atomic mass is 9.66. The number of carbonyl (C=O) groups is 8. The number of halogens is 2. The van der Waals surface area contributed by atoms with Crippen molar-refractivity contribution < 1.29 is 76.4 Å². The SMILES string of the molecule is CNC(=O)C12CCCC(c3ccc(OC/C(=C/F)CN)cc3)(CC1)C2.COC(=O)C12CCCC(C(=O)ON3C(=O)c4ccccc4C3=O)(CC1)C2.COC(=O)C1CCCC(C(=O)OC)C1.COc1ccc(C23CCCC(C(=O)O)(CC2)C3)cc1.Cl. The van der Waals surface area contributed by atoms with Gasteiger partial charge in [0.15, 0.2) is 0 Å². The predicted molar refractivity (Wildman–Crippen MR) is 313 cm³/mol. The zero-order valence-corrected chi connectivity index (χ0v) is 50.4. The Balaban J connectivity index is 0.000000166. The number of carboxylic acids is 1. The molecule has 11 rings (SSSR count). The number of rotatable bonds is 14. The normalized spacial score (nSPS) is 29.3. The fraction of sp³-hybridized carbons (Fsp3) is 0.569. The van der Waals surface area contributed by atoms with E-state index in [2.05, 4.69) is 39.1 Å². The lowest BCUT2D eigenvalue weighted by molar-refractivity contribution is -0.184. The second kappa shape index (κ2) is 27.7. The molecule has 8 unspecified atom stereocenters. The second-order valence-electron chi connectivity index (χ2n) is 24.6. The van der Waals surface area contributed by atoms with E-state index in [1.807, 2.05) is 24.3 Å². The summed E-state index contributed by atoms with van der Waals surface area (Å²) in [4.78, 5) is 102. The van der Waals surface area contributed by atoms with Crippen LogP contribution in [0.2, 0.25) is 0 Å². The number of fused-ring (bicyclic) bond motifs is 7. The minimum atomic E-state index is -0.845. The average Bonchev–Trinajstić information content (AvgIpc) is 2.88. The molecule has 20 heteroatoms. The Kier molecular flexibility index (Phi) is 21.4. The summed E-state index contributed by atoms with van der Waals surface area (Å²) in [6.45, 7) is 0.316. The van der Waals surface area contributed by atoms with Crippen LogP contribution in [0, 0.1) is 33.5 Å². The Morgan fingerprint density at radius 3 is 1.56 bits per heavy atom. The summed E-state index contributed by atoms with van der Waals surface area (Å²) >= 11 is 0. The third-order valence-corrected chi connectivity index (χ3v) is 20.1. The van der Waals surface area contributed by atoms with Gasteiger partial charge in [0.2, 0.25) is 5.91 Å². The van der Waals surface area contributed by atoms with Crippen LogP contribution >= 0.6 is 12.4 Å². The number of ether oxygens (including phenoxy) is 5. The quantitative estimate of drug-likeness (QED) is 0.0771. The molecule has 0 radical (unpaired) electrons. The first kappa shape index (κ1) is 65.7. The molecule has 0 aromatic heterocycles. The zero-order valence-electron chi connectivity index (χ0n) is 49.6. The second-order valence-corrected chi connectivity index (χ2v) is 24.6. The summed E-state index contributed by atoms with van der Waals surface area (Å²) in [6, 6.07) is 22.6. The summed E-state index contributed by atoms with van der Waals surface area (Å²) in [6.07, 6.45) is 18.8. The molecule has 6 bridgehead atoms. The van der Waals surface area contributed by atoms with Gasteiger partial charge < -0.3 is 44.7 Å². The van der Waals surface area contributed by atoms with Gasteiger partial charge in [-0.3, -0.25) is 33.6 Å². The van der Waals surface area contributed by atoms with Crippen LogP contribution in [0.4, 0.5) is 4.39 Å². The molecule has 0 saturated heterocycles. The van der Waals surface area contributed by atoms with E-state index >= 15 is 0 Å². The number of aliphatic carboxylic acids is 1. The summed E-state index contributed by atoms with van der Waals surface area (Å²) in [5, 5.41) is 13.0. The summed E-state index contributed by atoms with van der Waals surface area (Å²) in [5.74, 6) is -1.69. The molecule has 7 fully saturated rings. The topological polar surface area (TPSA) is 253 Å². The van der Waals surface area contributed by atoms with E-state index in [-0.39, 0.29) is 88.6 Å². The number of hydroxylamine groups is 2. The lowest BCUT2D eigenvalue weighted by Gasteiger charge is -2.39. The van der Waals surface area contributed by atoms with Crippen LogP contribution in [0.15, 0.2) is 84.7 Å². The van der Waals surface area contributed by atoms with E-state index in [4.69, 9.17) is 24.8 Å². The minimum absolute atomic E-state index is 0. The van der Waals surface area contributed by atoms with E-state index < -0.39 is 40.0 Å². The van der Waals surface area contributed by atoms with Crippen LogP contribution in [0.3, 0.4) is 0 Å². The van der Waals surface area contributed by atoms with Crippen LogP contribution in [0.25, 0.3) is 0 Å². The van der Waals surface area contributed by atoms with Gasteiger partial charge >= 0.3 is 29.8 Å². The van der Waals surface area contributed by atoms with Gasteiger partial charge in [0.25, 0.3) is 11.8 Å². The Bertz CT molecular complexity index is 2920. The number of carboxylic acid groups (broad SMARTS) is 1. The van der Waals surface area contributed by atoms with Crippen molar-refractivity contribution in [3.05, 3.63) is 107 Å². The number of esters is 3. The first-order valence-electron chi connectivity index (χ1n) is 29.5. The highest BCUT2D eigenvalue weighted by atomic mass is 35.5. The summed E-state index contributed by atoms with van der Waals surface area (Å²) < 4.78 is 37.6. The number of methoxy groups -OCH3 is 4. The maximum atomic E-state index is 12.9. The van der Waals surface area contributed by atoms with Crippen molar-refractivity contribution in [2.45, 2.75) is 152 Å². The van der Waals surface area contributed by atoms with Crippen molar-refractivity contribution in [2.24, 2.45) is 39.2 Å². The van der Waals surface area contributed by atoms with Gasteiger partial charge in [-0.2, -0.15) is 0 Å². The van der Waals surface area contributed by atoms with Gasteiger partial charge in [0, 0.05) is 19.2 Å². The number of nitrogens with two attached hydrogens (primary N) is 1. The van der Waals surface area contributed by atoms with Crippen LogP contribution in [-0.2, 0) is 58.6 Å². The van der Waals surface area contributed by atoms with Crippen molar-refractivity contribution in [1.82, 2.24) is 10.4 Å². The average molecular weight is 1200 g/mol. The van der Waals surface area contributed by atoms with Crippen molar-refractivity contribution in [1.29, 1.82) is 0 Å². The number of imide groups is 1. The van der Waals surface area contributed by atoms with Crippen LogP contribution in [0.5, 0.6) is 11.5 Å². The number of amides is 3. The van der Waals surface area contributed by atoms with E-state index in [0.29, 0.717) is 67.7 Å². The Morgan fingerprint density at radius 1 is 0.612 bits per heavy atom. The number of hydrogen-bond donors (Lipinski definition) is 3. The number of benzene rings is 3. The van der Waals surface area contributed by atoms with Gasteiger partial charge in [0.05, 0.1) is 79.4 Å². The Morgan fingerprint density at radius 2 is 1.08 bits per heavy atom. The maximum absolute atomic E-state index is 12.9. The van der Waals surface area contributed by atoms with Crippen LogP contribution in [-0.4, -0.2) is 106 Å². The molecule has 1 aliphatic heterocycles. The molecule has 8 atom stereocenters. The Hall–Kier alpha value is -6.86. The molecular formula is C65H83ClFN3O15. The van der Waals surface area contributed by atoms with Crippen molar-refractivity contribution in [3.8, 4) is 11.5 Å². The molecule has 1 heterocycles. The zero-order chi connectivity index (χ0) is 60.5. The first-order chi connectivity index (χ1) is 40.3. The van der Waals surface area contributed by atoms with Gasteiger partial charge in [-0.15, -0.1) is 12.4 Å². The summed E-state index contributed by atoms with van der Waals surface area (Å²) in [5.41, 5.74) is 6.92. The fourth-order valence-electron chi connectivity index (χ4n) is 15.4. The molecule has 85 heavy (non-hydrogen) atoms. The number of nitrogens with one attached hydrogen (secondary N) is 1. The molecule has 18 nitrogen and oxygen atoms in total. The molecule has 7 aliphatic carbocycles. The van der Waals surface area contributed by atoms with Crippen LogP contribution < -0.4 is 20.5 Å². The van der Waals surface area contributed by atoms with Crippen molar-refractivity contribution in [2.75, 3.05) is 48.6 Å². The Labute approximate surface area is 503 Å². The molecule has 462 valence electrons. The van der Waals surface area contributed by atoms with E-state index in [9.17, 15) is 47.9 Å². The molecule has 8 aliphatic rings. The largest absolute Gasteiger partial charge is 0.497 e. The van der Waals surface area contributed by atoms with E-state index in [1.54, 1.807) is 26.3 Å². The highest BCUT2D eigenvalue weighted by molar-refractivity contribution is 6.21. The van der Waals surface area contributed by atoms with Gasteiger partial charge in [-0.05, 0) is 174 Å². The molecular weight excluding hydrogens is 1120 g/mol. The van der Waals surface area contributed by atoms with E-state index in [0.717, 1.165) is 102 Å². The monoisotopic (exact) mass is 1200 g/mol. The van der Waals surface area contributed by atoms with Crippen molar-refractivity contribution >= 4 is 60.0 Å². The van der Waals surface area contributed by atoms with Gasteiger partial charge in [-0.1, -0.05) is 67.1 Å². The molecule has 3 aromatic carbocycles. The number of nitrogens with zero attached hydrogens (tertiary/aromatic N) is 1. The van der Waals surface area contributed by atoms with Gasteiger partial charge in [0.1, 0.15) is 18.1 Å². The molecule has 7 saturated carbocycles. The summed E-state index contributed by atoms with van der Waals surface area (Å²) in [7, 11) is 7.51. The standard InChI is InChI=1S/C20H27FN2O2.C19H19NO6.C16H20O3.C10H16O4.ClH/c1-23-18(24)20-8-2-7-19(14-20,9-10-20)16-3-5-17(6-4-16)25-13-15(11-21)12-22;1-25-16(23)18-7-4-8-19(11-18,10-9-18)17(24)26-20-14(21)12-5-2-3-6-13(12)15(20)22;1-19-13-5-3-12(4-6-13)15-7-2-8-16(11-15,10-9-15)14(17)18;1-13-9(11)7-4-3-5-8(6-7)10(12)14-2;/h3-6,11H,2,7-10,12-14,22H2,1H3,(H,23,24);2-3,5-6H,4,7-11H2,1H3;3-6H,2,7-11H2,1H3,(H,17,18);7-8H,3-6H2,1-2H3;1H/b15-11+;;;;. The highest BCUT2D eigenvalue weighted by Crippen LogP contribution is 2.62. The van der Waals surface area contributed by atoms with Gasteiger partial charge in [-0.25, -0.2) is 9.18 Å². The number of carbonyl (C=O) groups excluding carboxylic acids is 7. The maximum Gasteiger partial charge on any atom is 0.339 e. The fourth-order valence-corrected chi connectivity index (χ4v) is 15.4. The molecule has 3 amide bonds. The highest BCUT2D eigenvalue weighted by Gasteiger charge is 2.61. The van der Waals surface area contributed by atoms with Crippen LogP contribution in [0.1, 0.15) is 173 Å². The molecule has 3 aromatic rings. The molecule has 4 N–H and O–H groups in total. The minimum Gasteiger partial charge on any atom is -0.497 e. The van der Waals surface area contributed by atoms with E-state index in [1.165, 1.54) is 44.6 Å².